The van der Waals surface area contributed by atoms with E-state index in [0.29, 0.717) is 5.92 Å². The average molecular weight is 242 g/mol. The first-order valence-corrected chi connectivity index (χ1v) is 6.74. The molecule has 0 heterocycles. The van der Waals surface area contributed by atoms with Crippen LogP contribution < -0.4 is 10.6 Å². The molecule has 0 spiro atoms. The van der Waals surface area contributed by atoms with Crippen LogP contribution in [0, 0.1) is 5.92 Å². The standard InChI is InChI=1S/C13H26N2O2/c1-4-9(2)15-13(17)10(3)14-8-11-5-6-12(16)7-11/h9-12,14,16H,4-8H2,1-3H3,(H,15,17). The van der Waals surface area contributed by atoms with Gasteiger partial charge < -0.3 is 15.7 Å². The highest BCUT2D eigenvalue weighted by Crippen LogP contribution is 2.24. The minimum absolute atomic E-state index is 0.0675. The summed E-state index contributed by atoms with van der Waals surface area (Å²) in [5.74, 6) is 0.585. The second kappa shape index (κ2) is 6.97. The van der Waals surface area contributed by atoms with Gasteiger partial charge in [-0.2, -0.15) is 0 Å². The lowest BCUT2D eigenvalue weighted by Gasteiger charge is -2.19. The van der Waals surface area contributed by atoms with Crippen LogP contribution in [0.2, 0.25) is 0 Å². The molecule has 1 rings (SSSR count). The van der Waals surface area contributed by atoms with Crippen molar-refractivity contribution in [1.29, 1.82) is 0 Å². The second-order valence-electron chi connectivity index (χ2n) is 5.28. The molecule has 0 bridgehead atoms. The van der Waals surface area contributed by atoms with Crippen LogP contribution in [-0.2, 0) is 4.79 Å². The van der Waals surface area contributed by atoms with Gasteiger partial charge in [0, 0.05) is 6.04 Å². The first-order chi connectivity index (χ1) is 8.02. The van der Waals surface area contributed by atoms with Crippen LogP contribution in [-0.4, -0.2) is 35.7 Å². The first kappa shape index (κ1) is 14.5. The van der Waals surface area contributed by atoms with Gasteiger partial charge in [0.15, 0.2) is 0 Å². The van der Waals surface area contributed by atoms with Gasteiger partial charge in [-0.25, -0.2) is 0 Å². The van der Waals surface area contributed by atoms with E-state index in [2.05, 4.69) is 17.6 Å². The molecule has 1 saturated carbocycles. The largest absolute Gasteiger partial charge is 0.393 e. The van der Waals surface area contributed by atoms with E-state index in [4.69, 9.17) is 0 Å². The molecule has 0 aliphatic heterocycles. The Morgan fingerprint density at radius 3 is 2.65 bits per heavy atom. The number of carbonyl (C=O) groups excluding carboxylic acids is 1. The number of aliphatic hydroxyl groups is 1. The number of hydrogen-bond donors (Lipinski definition) is 3. The highest BCUT2D eigenvalue weighted by atomic mass is 16.3. The van der Waals surface area contributed by atoms with Gasteiger partial charge in [0.1, 0.15) is 0 Å². The van der Waals surface area contributed by atoms with Gasteiger partial charge in [-0.15, -0.1) is 0 Å². The van der Waals surface area contributed by atoms with Gasteiger partial charge in [-0.1, -0.05) is 6.92 Å². The zero-order valence-corrected chi connectivity index (χ0v) is 11.2. The molecule has 4 unspecified atom stereocenters. The monoisotopic (exact) mass is 242 g/mol. The molecule has 17 heavy (non-hydrogen) atoms. The zero-order chi connectivity index (χ0) is 12.8. The van der Waals surface area contributed by atoms with E-state index in [9.17, 15) is 9.90 Å². The number of aliphatic hydroxyl groups excluding tert-OH is 1. The molecule has 100 valence electrons. The summed E-state index contributed by atoms with van der Waals surface area (Å²) in [7, 11) is 0. The zero-order valence-electron chi connectivity index (χ0n) is 11.2. The normalized spacial score (nSPS) is 27.8. The Labute approximate surface area is 104 Å². The fourth-order valence-corrected chi connectivity index (χ4v) is 2.14. The lowest BCUT2D eigenvalue weighted by Crippen LogP contribution is -2.46. The summed E-state index contributed by atoms with van der Waals surface area (Å²) in [6, 6.07) is 0.0850. The fourth-order valence-electron chi connectivity index (χ4n) is 2.14. The fraction of sp³-hybridized carbons (Fsp3) is 0.923. The van der Waals surface area contributed by atoms with Crippen molar-refractivity contribution in [2.45, 2.75) is 64.6 Å². The van der Waals surface area contributed by atoms with Gasteiger partial charge in [0.2, 0.25) is 5.91 Å². The van der Waals surface area contributed by atoms with Crippen LogP contribution in [0.25, 0.3) is 0 Å². The molecule has 4 nitrogen and oxygen atoms in total. The minimum Gasteiger partial charge on any atom is -0.393 e. The highest BCUT2D eigenvalue weighted by Gasteiger charge is 2.23. The molecule has 1 aliphatic rings. The Balaban J connectivity index is 2.19. The molecule has 4 heteroatoms. The predicted octanol–water partition coefficient (Wildman–Crippen LogP) is 1.04. The predicted molar refractivity (Wildman–Crippen MR) is 68.7 cm³/mol. The second-order valence-corrected chi connectivity index (χ2v) is 5.28. The summed E-state index contributed by atoms with van der Waals surface area (Å²) < 4.78 is 0. The number of amides is 1. The summed E-state index contributed by atoms with van der Waals surface area (Å²) in [5.41, 5.74) is 0. The molecule has 1 fully saturated rings. The van der Waals surface area contributed by atoms with Gasteiger partial charge in [0.25, 0.3) is 0 Å². The molecule has 0 aromatic carbocycles. The van der Waals surface area contributed by atoms with Crippen LogP contribution in [0.4, 0.5) is 0 Å². The van der Waals surface area contributed by atoms with E-state index in [0.717, 1.165) is 32.2 Å². The maximum atomic E-state index is 11.8. The Kier molecular flexibility index (Phi) is 5.92. The molecule has 0 aromatic rings. The molecular formula is C13H26N2O2. The first-order valence-electron chi connectivity index (χ1n) is 6.74. The van der Waals surface area contributed by atoms with Crippen molar-refractivity contribution in [1.82, 2.24) is 10.6 Å². The number of rotatable bonds is 6. The van der Waals surface area contributed by atoms with Crippen LogP contribution in [0.15, 0.2) is 0 Å². The Morgan fingerprint density at radius 1 is 1.41 bits per heavy atom. The molecule has 1 aliphatic carbocycles. The van der Waals surface area contributed by atoms with Crippen molar-refractivity contribution in [2.75, 3.05) is 6.54 Å². The molecule has 0 radical (unpaired) electrons. The lowest BCUT2D eigenvalue weighted by molar-refractivity contribution is -0.123. The number of carbonyl (C=O) groups is 1. The molecular weight excluding hydrogens is 216 g/mol. The van der Waals surface area contributed by atoms with Crippen molar-refractivity contribution in [3.63, 3.8) is 0 Å². The van der Waals surface area contributed by atoms with Crippen LogP contribution in [0.5, 0.6) is 0 Å². The van der Waals surface area contributed by atoms with Crippen molar-refractivity contribution >= 4 is 5.91 Å². The van der Waals surface area contributed by atoms with Gasteiger partial charge >= 0.3 is 0 Å². The summed E-state index contributed by atoms with van der Waals surface area (Å²) in [4.78, 5) is 11.8. The third-order valence-electron chi connectivity index (χ3n) is 3.62. The Bertz CT molecular complexity index is 246. The number of nitrogens with one attached hydrogen (secondary N) is 2. The van der Waals surface area contributed by atoms with E-state index < -0.39 is 0 Å². The summed E-state index contributed by atoms with van der Waals surface area (Å²) in [6.45, 7) is 6.79. The SMILES string of the molecule is CCC(C)NC(=O)C(C)NCC1CCC(O)C1. The van der Waals surface area contributed by atoms with Gasteiger partial charge in [0.05, 0.1) is 12.1 Å². The van der Waals surface area contributed by atoms with Crippen molar-refractivity contribution in [2.24, 2.45) is 5.92 Å². The van der Waals surface area contributed by atoms with Gasteiger partial charge in [-0.05, 0) is 52.0 Å². The van der Waals surface area contributed by atoms with Crippen LogP contribution in [0.1, 0.15) is 46.5 Å². The third-order valence-corrected chi connectivity index (χ3v) is 3.62. The maximum Gasteiger partial charge on any atom is 0.237 e. The highest BCUT2D eigenvalue weighted by molar-refractivity contribution is 5.81. The van der Waals surface area contributed by atoms with E-state index in [-0.39, 0.29) is 24.1 Å². The van der Waals surface area contributed by atoms with E-state index in [1.165, 1.54) is 0 Å². The Hall–Kier alpha value is -0.610. The summed E-state index contributed by atoms with van der Waals surface area (Å²) in [5, 5.41) is 15.6. The summed E-state index contributed by atoms with van der Waals surface area (Å²) in [6.07, 6.45) is 3.65. The molecule has 0 saturated heterocycles. The van der Waals surface area contributed by atoms with E-state index in [1.54, 1.807) is 0 Å². The van der Waals surface area contributed by atoms with Crippen molar-refractivity contribution < 1.29 is 9.90 Å². The molecule has 3 N–H and O–H groups in total. The topological polar surface area (TPSA) is 61.4 Å². The van der Waals surface area contributed by atoms with Crippen LogP contribution in [0.3, 0.4) is 0 Å². The smallest absolute Gasteiger partial charge is 0.237 e. The quantitative estimate of drug-likeness (QED) is 0.652. The lowest BCUT2D eigenvalue weighted by atomic mass is 10.1. The average Bonchev–Trinajstić information content (AvgIpc) is 2.71. The molecule has 1 amide bonds. The van der Waals surface area contributed by atoms with Crippen molar-refractivity contribution in [3.05, 3.63) is 0 Å². The van der Waals surface area contributed by atoms with E-state index in [1.807, 2.05) is 13.8 Å². The third kappa shape index (κ3) is 5.04. The number of hydrogen-bond acceptors (Lipinski definition) is 3. The Morgan fingerprint density at radius 2 is 2.12 bits per heavy atom. The van der Waals surface area contributed by atoms with Crippen LogP contribution >= 0.6 is 0 Å². The summed E-state index contributed by atoms with van der Waals surface area (Å²) >= 11 is 0. The maximum absolute atomic E-state index is 11.8. The van der Waals surface area contributed by atoms with Gasteiger partial charge in [-0.3, -0.25) is 4.79 Å². The minimum atomic E-state index is -0.151. The molecule has 4 atom stereocenters. The van der Waals surface area contributed by atoms with E-state index >= 15 is 0 Å². The van der Waals surface area contributed by atoms with Crippen molar-refractivity contribution in [3.8, 4) is 0 Å². The molecule has 0 aromatic heterocycles.